The van der Waals surface area contributed by atoms with Crippen molar-refractivity contribution in [3.05, 3.63) is 63.5 Å². The highest BCUT2D eigenvalue weighted by Gasteiger charge is 2.13. The van der Waals surface area contributed by atoms with Gasteiger partial charge in [0.25, 0.3) is 5.56 Å². The third-order valence-electron chi connectivity index (χ3n) is 3.81. The molecule has 1 amide bonds. The first kappa shape index (κ1) is 17.0. The summed E-state index contributed by atoms with van der Waals surface area (Å²) < 4.78 is 6.63. The third kappa shape index (κ3) is 3.49. The van der Waals surface area contributed by atoms with Gasteiger partial charge in [0.15, 0.2) is 0 Å². The van der Waals surface area contributed by atoms with Crippen LogP contribution in [0.4, 0.5) is 5.69 Å². The van der Waals surface area contributed by atoms with Gasteiger partial charge in [0.05, 0.1) is 30.0 Å². The average Bonchev–Trinajstić information content (AvgIpc) is 2.60. The van der Waals surface area contributed by atoms with E-state index in [2.05, 4.69) is 10.3 Å². The van der Waals surface area contributed by atoms with E-state index in [0.29, 0.717) is 27.5 Å². The minimum Gasteiger partial charge on any atom is -0.495 e. The van der Waals surface area contributed by atoms with Crippen molar-refractivity contribution in [2.45, 2.75) is 13.5 Å². The summed E-state index contributed by atoms with van der Waals surface area (Å²) in [4.78, 5) is 28.7. The van der Waals surface area contributed by atoms with E-state index in [1.165, 1.54) is 17.9 Å². The number of hydrogen-bond acceptors (Lipinski definition) is 4. The molecule has 6 nitrogen and oxygen atoms in total. The molecule has 128 valence electrons. The molecular weight excluding hydrogens is 342 g/mol. The van der Waals surface area contributed by atoms with Crippen LogP contribution in [0.5, 0.6) is 5.75 Å². The summed E-state index contributed by atoms with van der Waals surface area (Å²) >= 11 is 6.07. The molecule has 0 spiro atoms. The van der Waals surface area contributed by atoms with Crippen molar-refractivity contribution in [1.82, 2.24) is 9.55 Å². The van der Waals surface area contributed by atoms with Crippen molar-refractivity contribution >= 4 is 34.2 Å². The van der Waals surface area contributed by atoms with E-state index in [1.54, 1.807) is 30.3 Å². The number of nitrogens with zero attached hydrogens (tertiary/aromatic N) is 2. The Labute approximate surface area is 149 Å². The lowest BCUT2D eigenvalue weighted by Crippen LogP contribution is -2.28. The highest BCUT2D eigenvalue weighted by molar-refractivity contribution is 6.31. The first-order valence-corrected chi connectivity index (χ1v) is 7.96. The van der Waals surface area contributed by atoms with Crippen LogP contribution in [0, 0.1) is 6.92 Å². The fourth-order valence-corrected chi connectivity index (χ4v) is 2.69. The largest absolute Gasteiger partial charge is 0.495 e. The molecule has 3 aromatic rings. The van der Waals surface area contributed by atoms with Crippen LogP contribution in [-0.2, 0) is 11.3 Å². The lowest BCUT2D eigenvalue weighted by molar-refractivity contribution is -0.116. The molecule has 0 saturated carbocycles. The van der Waals surface area contributed by atoms with Crippen LogP contribution in [-0.4, -0.2) is 22.6 Å². The van der Waals surface area contributed by atoms with E-state index >= 15 is 0 Å². The Hall–Kier alpha value is -2.86. The minimum atomic E-state index is -0.349. The molecule has 0 aliphatic heterocycles. The van der Waals surface area contributed by atoms with Gasteiger partial charge in [0.2, 0.25) is 5.91 Å². The summed E-state index contributed by atoms with van der Waals surface area (Å²) in [7, 11) is 1.50. The van der Waals surface area contributed by atoms with E-state index in [4.69, 9.17) is 16.3 Å². The highest BCUT2D eigenvalue weighted by atomic mass is 35.5. The van der Waals surface area contributed by atoms with Gasteiger partial charge in [-0.15, -0.1) is 0 Å². The van der Waals surface area contributed by atoms with Crippen LogP contribution in [0.15, 0.2) is 47.4 Å². The quantitative estimate of drug-likeness (QED) is 0.779. The zero-order valence-corrected chi connectivity index (χ0v) is 14.5. The second-order valence-electron chi connectivity index (χ2n) is 5.52. The maximum atomic E-state index is 12.5. The van der Waals surface area contributed by atoms with E-state index in [0.717, 1.165) is 5.56 Å². The summed E-state index contributed by atoms with van der Waals surface area (Å²) in [5.41, 5.74) is 2.22. The van der Waals surface area contributed by atoms with E-state index in [1.807, 2.05) is 13.0 Å². The Morgan fingerprint density at radius 2 is 2.08 bits per heavy atom. The smallest absolute Gasteiger partial charge is 0.269 e. The van der Waals surface area contributed by atoms with Crippen molar-refractivity contribution in [3.63, 3.8) is 0 Å². The molecule has 1 N–H and O–H groups in total. The SMILES string of the molecule is COc1cc(Cl)c(C)cc1NC(=O)Cn1c(=O)cnc2ccccc21. The second kappa shape index (κ2) is 6.94. The lowest BCUT2D eigenvalue weighted by Gasteiger charge is -2.13. The van der Waals surface area contributed by atoms with Gasteiger partial charge in [-0.2, -0.15) is 0 Å². The number of halogens is 1. The predicted octanol–water partition coefficient (Wildman–Crippen LogP) is 3.01. The number of amides is 1. The number of methoxy groups -OCH3 is 1. The van der Waals surface area contributed by atoms with Gasteiger partial charge < -0.3 is 10.1 Å². The number of ether oxygens (including phenoxy) is 1. The maximum Gasteiger partial charge on any atom is 0.269 e. The van der Waals surface area contributed by atoms with Crippen molar-refractivity contribution in [1.29, 1.82) is 0 Å². The van der Waals surface area contributed by atoms with E-state index in [-0.39, 0.29) is 18.0 Å². The van der Waals surface area contributed by atoms with Crippen LogP contribution in [0.2, 0.25) is 5.02 Å². The number of fused-ring (bicyclic) bond motifs is 1. The number of rotatable bonds is 4. The summed E-state index contributed by atoms with van der Waals surface area (Å²) in [6.45, 7) is 1.70. The topological polar surface area (TPSA) is 73.2 Å². The number of aryl methyl sites for hydroxylation is 1. The molecular formula is C18H16ClN3O3. The monoisotopic (exact) mass is 357 g/mol. The number of para-hydroxylation sites is 2. The maximum absolute atomic E-state index is 12.5. The Balaban J connectivity index is 1.91. The standard InChI is InChI=1S/C18H16ClN3O3/c1-11-7-14(16(25-2)8-12(11)19)21-17(23)10-22-15-6-4-3-5-13(15)20-9-18(22)24/h3-9H,10H2,1-2H3,(H,21,23). The van der Waals surface area contributed by atoms with Crippen LogP contribution >= 0.6 is 11.6 Å². The Bertz CT molecular complexity index is 1010. The van der Waals surface area contributed by atoms with Crippen LogP contribution in [0.1, 0.15) is 5.56 Å². The van der Waals surface area contributed by atoms with E-state index in [9.17, 15) is 9.59 Å². The summed E-state index contributed by atoms with van der Waals surface area (Å²) in [5, 5.41) is 3.31. The normalized spacial score (nSPS) is 10.7. The predicted molar refractivity (Wildman–Crippen MR) is 97.4 cm³/mol. The van der Waals surface area contributed by atoms with Crippen molar-refractivity contribution in [3.8, 4) is 5.75 Å². The average molecular weight is 358 g/mol. The highest BCUT2D eigenvalue weighted by Crippen LogP contribution is 2.30. The van der Waals surface area contributed by atoms with Gasteiger partial charge in [0.1, 0.15) is 12.3 Å². The zero-order chi connectivity index (χ0) is 18.0. The molecule has 1 heterocycles. The van der Waals surface area contributed by atoms with E-state index < -0.39 is 0 Å². The number of anilines is 1. The van der Waals surface area contributed by atoms with Crippen LogP contribution < -0.4 is 15.6 Å². The van der Waals surface area contributed by atoms with Gasteiger partial charge in [-0.05, 0) is 30.7 Å². The molecule has 0 saturated heterocycles. The first-order valence-electron chi connectivity index (χ1n) is 7.58. The molecule has 7 heteroatoms. The van der Waals surface area contributed by atoms with Crippen LogP contribution in [0.3, 0.4) is 0 Å². The molecule has 0 aliphatic carbocycles. The third-order valence-corrected chi connectivity index (χ3v) is 4.22. The number of carbonyl (C=O) groups is 1. The van der Waals surface area contributed by atoms with Gasteiger partial charge in [-0.3, -0.25) is 14.2 Å². The molecule has 0 unspecified atom stereocenters. The number of carbonyl (C=O) groups excluding carboxylic acids is 1. The minimum absolute atomic E-state index is 0.132. The molecule has 25 heavy (non-hydrogen) atoms. The number of nitrogens with one attached hydrogen (secondary N) is 1. The molecule has 3 rings (SSSR count). The fourth-order valence-electron chi connectivity index (χ4n) is 2.54. The number of benzene rings is 2. The zero-order valence-electron chi connectivity index (χ0n) is 13.7. The van der Waals surface area contributed by atoms with Gasteiger partial charge in [0, 0.05) is 11.1 Å². The molecule has 0 aliphatic rings. The lowest BCUT2D eigenvalue weighted by atomic mass is 10.2. The van der Waals surface area contributed by atoms with Crippen LogP contribution in [0.25, 0.3) is 11.0 Å². The molecule has 0 fully saturated rings. The Kier molecular flexibility index (Phi) is 4.72. The Morgan fingerprint density at radius 1 is 1.32 bits per heavy atom. The molecule has 1 aromatic heterocycles. The summed E-state index contributed by atoms with van der Waals surface area (Å²) in [5.74, 6) is 0.106. The Morgan fingerprint density at radius 3 is 2.84 bits per heavy atom. The van der Waals surface area contributed by atoms with Gasteiger partial charge >= 0.3 is 0 Å². The summed E-state index contributed by atoms with van der Waals surface area (Å²) in [6.07, 6.45) is 1.21. The molecule has 0 radical (unpaired) electrons. The fraction of sp³-hybridized carbons (Fsp3) is 0.167. The van der Waals surface area contributed by atoms with Crippen molar-refractivity contribution in [2.24, 2.45) is 0 Å². The van der Waals surface area contributed by atoms with Crippen molar-refractivity contribution in [2.75, 3.05) is 12.4 Å². The number of hydrogen-bond donors (Lipinski definition) is 1. The molecule has 0 atom stereocenters. The van der Waals surface area contributed by atoms with Gasteiger partial charge in [-0.25, -0.2) is 4.98 Å². The molecule has 0 bridgehead atoms. The summed E-state index contributed by atoms with van der Waals surface area (Å²) in [6, 6.07) is 10.5. The number of aromatic nitrogens is 2. The molecule has 2 aromatic carbocycles. The second-order valence-corrected chi connectivity index (χ2v) is 5.93. The van der Waals surface area contributed by atoms with Gasteiger partial charge in [-0.1, -0.05) is 23.7 Å². The van der Waals surface area contributed by atoms with Crippen molar-refractivity contribution < 1.29 is 9.53 Å². The first-order chi connectivity index (χ1) is 12.0.